The molecule has 1 amide bonds. The number of ether oxygens (including phenoxy) is 1. The third-order valence-corrected chi connectivity index (χ3v) is 3.70. The first-order valence-electron chi connectivity index (χ1n) is 6.40. The quantitative estimate of drug-likeness (QED) is 0.787. The predicted octanol–water partition coefficient (Wildman–Crippen LogP) is 2.31. The fourth-order valence-corrected chi connectivity index (χ4v) is 3.06. The lowest BCUT2D eigenvalue weighted by Gasteiger charge is -2.25. The van der Waals surface area contributed by atoms with Crippen molar-refractivity contribution in [2.24, 2.45) is 11.8 Å². The zero-order valence-corrected chi connectivity index (χ0v) is 11.9. The topological polar surface area (TPSA) is 50.8 Å². The number of fused-ring (bicyclic) bond motifs is 1. The van der Waals surface area contributed by atoms with Crippen molar-refractivity contribution in [3.63, 3.8) is 0 Å². The lowest BCUT2D eigenvalue weighted by Crippen LogP contribution is -2.36. The number of carbonyl (C=O) groups is 1. The fourth-order valence-electron chi connectivity index (χ4n) is 2.93. The number of likely N-dealkylation sites (tertiary alicyclic amines) is 1. The van der Waals surface area contributed by atoms with E-state index in [0.717, 1.165) is 25.9 Å². The molecule has 2 rings (SSSR count). The van der Waals surface area contributed by atoms with E-state index in [0.29, 0.717) is 17.9 Å². The van der Waals surface area contributed by atoms with Crippen LogP contribution in [0.2, 0.25) is 0 Å². The maximum absolute atomic E-state index is 11.9. The Kier molecular flexibility index (Phi) is 4.04. The molecule has 0 aromatic heterocycles. The van der Waals surface area contributed by atoms with Crippen LogP contribution in [0.25, 0.3) is 0 Å². The molecule has 1 saturated heterocycles. The second-order valence-electron chi connectivity index (χ2n) is 6.27. The van der Waals surface area contributed by atoms with Crippen molar-refractivity contribution >= 4 is 18.0 Å². The van der Waals surface area contributed by atoms with Gasteiger partial charge in [0.15, 0.2) is 0 Å². The lowest BCUT2D eigenvalue weighted by atomic mass is 10.0. The third kappa shape index (κ3) is 3.28. The summed E-state index contributed by atoms with van der Waals surface area (Å²) in [5, 5.41) is 0. The molecule has 0 aromatic rings. The number of nitrogens with zero attached hydrogens (tertiary/aromatic N) is 1. The zero-order chi connectivity index (χ0) is 13.3. The van der Waals surface area contributed by atoms with E-state index in [1.54, 1.807) is 0 Å². The van der Waals surface area contributed by atoms with E-state index in [9.17, 15) is 4.79 Å². The minimum atomic E-state index is -0.425. The summed E-state index contributed by atoms with van der Waals surface area (Å²) in [5.74, 6) is 1.06. The standard InChI is InChI=1S/C12H21ClN2O3/c1-12(2,3)17-11(16)15-6-8-4-10(14-18-13)5-9(8)7-15/h8-10,14H,4-7H2,1-3H3/t8-,9+,10?. The van der Waals surface area contributed by atoms with Crippen molar-refractivity contribution in [3.8, 4) is 0 Å². The average molecular weight is 277 g/mol. The molecule has 1 heterocycles. The van der Waals surface area contributed by atoms with Crippen LogP contribution in [-0.2, 0) is 9.13 Å². The van der Waals surface area contributed by atoms with Crippen LogP contribution >= 0.6 is 11.9 Å². The van der Waals surface area contributed by atoms with E-state index in [1.165, 1.54) is 0 Å². The molecular formula is C12H21ClN2O3. The second-order valence-corrected chi connectivity index (χ2v) is 6.42. The number of nitrogens with one attached hydrogen (secondary N) is 1. The number of hydrogen-bond acceptors (Lipinski definition) is 4. The number of carbonyl (C=O) groups excluding carboxylic acids is 1. The summed E-state index contributed by atoms with van der Waals surface area (Å²) in [6, 6.07) is 0.304. The molecule has 5 nitrogen and oxygen atoms in total. The van der Waals surface area contributed by atoms with Gasteiger partial charge in [-0.1, -0.05) is 0 Å². The van der Waals surface area contributed by atoms with Crippen molar-refractivity contribution < 1.29 is 13.9 Å². The normalized spacial score (nSPS) is 31.6. The van der Waals surface area contributed by atoms with Crippen LogP contribution in [0.3, 0.4) is 0 Å². The molecule has 6 heteroatoms. The lowest BCUT2D eigenvalue weighted by molar-refractivity contribution is 0.0275. The van der Waals surface area contributed by atoms with E-state index in [-0.39, 0.29) is 6.09 Å². The molecule has 1 unspecified atom stereocenters. The molecule has 0 spiro atoms. The van der Waals surface area contributed by atoms with Crippen LogP contribution in [0.4, 0.5) is 4.79 Å². The van der Waals surface area contributed by atoms with Crippen LogP contribution in [0.1, 0.15) is 33.6 Å². The highest BCUT2D eigenvalue weighted by Crippen LogP contribution is 2.38. The number of halogens is 1. The molecular weight excluding hydrogens is 256 g/mol. The Hall–Kier alpha value is -0.520. The Morgan fingerprint density at radius 2 is 1.83 bits per heavy atom. The second kappa shape index (κ2) is 5.23. The first-order valence-corrected chi connectivity index (χ1v) is 6.71. The van der Waals surface area contributed by atoms with Gasteiger partial charge in [0.2, 0.25) is 0 Å². The SMILES string of the molecule is CC(C)(C)OC(=O)N1C[C@H]2CC(NOCl)C[C@H]2C1. The minimum absolute atomic E-state index is 0.199. The van der Waals surface area contributed by atoms with Gasteiger partial charge < -0.3 is 9.64 Å². The Labute approximate surface area is 113 Å². The molecule has 2 fully saturated rings. The molecule has 3 atom stereocenters. The molecule has 0 aromatic carbocycles. The average Bonchev–Trinajstić information content (AvgIpc) is 2.72. The molecule has 1 aliphatic carbocycles. The molecule has 0 bridgehead atoms. The first-order chi connectivity index (χ1) is 8.39. The van der Waals surface area contributed by atoms with Gasteiger partial charge in [-0.05, 0) is 45.4 Å². The summed E-state index contributed by atoms with van der Waals surface area (Å²) < 4.78 is 9.83. The van der Waals surface area contributed by atoms with Gasteiger partial charge in [0.1, 0.15) is 5.60 Å². The number of amides is 1. The monoisotopic (exact) mass is 276 g/mol. The van der Waals surface area contributed by atoms with E-state index in [2.05, 4.69) is 9.87 Å². The van der Waals surface area contributed by atoms with E-state index in [4.69, 9.17) is 16.6 Å². The number of hydrogen-bond donors (Lipinski definition) is 1. The van der Waals surface area contributed by atoms with Gasteiger partial charge >= 0.3 is 6.09 Å². The molecule has 18 heavy (non-hydrogen) atoms. The minimum Gasteiger partial charge on any atom is -0.444 e. The number of rotatable bonds is 2. The molecule has 104 valence electrons. The Bertz CT molecular complexity index is 305. The van der Waals surface area contributed by atoms with Crippen LogP contribution in [0.5, 0.6) is 0 Å². The highest BCUT2D eigenvalue weighted by Gasteiger charge is 2.43. The largest absolute Gasteiger partial charge is 0.444 e. The predicted molar refractivity (Wildman–Crippen MR) is 67.9 cm³/mol. The van der Waals surface area contributed by atoms with Gasteiger partial charge in [0, 0.05) is 19.1 Å². The molecule has 1 aliphatic heterocycles. The summed E-state index contributed by atoms with van der Waals surface area (Å²) in [6.45, 7) is 7.22. The summed E-state index contributed by atoms with van der Waals surface area (Å²) >= 11 is 5.19. The van der Waals surface area contributed by atoms with Gasteiger partial charge in [-0.25, -0.2) is 4.79 Å². The fraction of sp³-hybridized carbons (Fsp3) is 0.917. The van der Waals surface area contributed by atoms with Crippen molar-refractivity contribution in [2.45, 2.75) is 45.3 Å². The van der Waals surface area contributed by atoms with E-state index >= 15 is 0 Å². The van der Waals surface area contributed by atoms with Crippen molar-refractivity contribution in [2.75, 3.05) is 13.1 Å². The highest BCUT2D eigenvalue weighted by molar-refractivity contribution is 6.07. The maximum Gasteiger partial charge on any atom is 0.410 e. The van der Waals surface area contributed by atoms with Crippen LogP contribution in [-0.4, -0.2) is 35.7 Å². The molecule has 1 saturated carbocycles. The smallest absolute Gasteiger partial charge is 0.410 e. The molecule has 2 aliphatic rings. The van der Waals surface area contributed by atoms with Gasteiger partial charge in [0.25, 0.3) is 0 Å². The Balaban J connectivity index is 1.83. The summed E-state index contributed by atoms with van der Waals surface area (Å²) in [6.07, 6.45) is 1.79. The summed E-state index contributed by atoms with van der Waals surface area (Å²) in [4.78, 5) is 13.8. The zero-order valence-electron chi connectivity index (χ0n) is 11.1. The molecule has 0 radical (unpaired) electrons. The van der Waals surface area contributed by atoms with Crippen molar-refractivity contribution in [3.05, 3.63) is 0 Å². The Morgan fingerprint density at radius 1 is 1.28 bits per heavy atom. The summed E-state index contributed by atoms with van der Waals surface area (Å²) in [7, 11) is 0. The third-order valence-electron chi connectivity index (χ3n) is 3.61. The van der Waals surface area contributed by atoms with Gasteiger partial charge in [-0.15, -0.1) is 0 Å². The Morgan fingerprint density at radius 3 is 2.28 bits per heavy atom. The van der Waals surface area contributed by atoms with Crippen LogP contribution < -0.4 is 5.48 Å². The molecule has 1 N–H and O–H groups in total. The maximum atomic E-state index is 11.9. The van der Waals surface area contributed by atoms with Gasteiger partial charge in [-0.2, -0.15) is 9.87 Å². The van der Waals surface area contributed by atoms with Crippen LogP contribution in [0, 0.1) is 11.8 Å². The van der Waals surface area contributed by atoms with Crippen molar-refractivity contribution in [1.29, 1.82) is 0 Å². The van der Waals surface area contributed by atoms with Crippen LogP contribution in [0.15, 0.2) is 0 Å². The van der Waals surface area contributed by atoms with E-state index < -0.39 is 5.60 Å². The first kappa shape index (κ1) is 13.9. The highest BCUT2D eigenvalue weighted by atomic mass is 35.5. The van der Waals surface area contributed by atoms with E-state index in [1.807, 2.05) is 25.7 Å². The van der Waals surface area contributed by atoms with Gasteiger partial charge in [0.05, 0.1) is 11.9 Å². The van der Waals surface area contributed by atoms with Gasteiger partial charge in [-0.3, -0.25) is 0 Å². The van der Waals surface area contributed by atoms with Crippen molar-refractivity contribution in [1.82, 2.24) is 10.4 Å². The number of hydroxylamine groups is 1. The summed E-state index contributed by atoms with van der Waals surface area (Å²) in [5.41, 5.74) is 2.36.